The Kier molecular flexibility index (Phi) is 5.84. The number of carbonyl (C=O) groups is 3. The number of carbonyl (C=O) groups excluding carboxylic acids is 3. The lowest BCUT2D eigenvalue weighted by molar-refractivity contribution is -0.119. The minimum atomic E-state index is -0.693. The van der Waals surface area contributed by atoms with Crippen LogP contribution in [0.5, 0.6) is 0 Å². The average molecular weight is 342 g/mol. The Balaban J connectivity index is 1.83. The number of esters is 1. The van der Waals surface area contributed by atoms with Gasteiger partial charge in [0.15, 0.2) is 12.4 Å². The molecular formula is C16H14N4O5. The van der Waals surface area contributed by atoms with Crippen LogP contribution >= 0.6 is 0 Å². The van der Waals surface area contributed by atoms with Crippen LogP contribution in [0.4, 0.5) is 11.5 Å². The second-order valence-corrected chi connectivity index (χ2v) is 4.91. The molecule has 128 valence electrons. The quantitative estimate of drug-likeness (QED) is 0.762. The molecule has 0 aliphatic heterocycles. The summed E-state index contributed by atoms with van der Waals surface area (Å²) in [4.78, 5) is 34.8. The van der Waals surface area contributed by atoms with Crippen LogP contribution in [0, 0.1) is 18.3 Å². The van der Waals surface area contributed by atoms with E-state index in [4.69, 9.17) is 14.5 Å². The van der Waals surface area contributed by atoms with Gasteiger partial charge in [-0.15, -0.1) is 0 Å². The van der Waals surface area contributed by atoms with Gasteiger partial charge in [-0.3, -0.25) is 9.59 Å². The fraction of sp³-hybridized carbons (Fsp3) is 0.188. The van der Waals surface area contributed by atoms with Gasteiger partial charge in [0.1, 0.15) is 12.2 Å². The predicted molar refractivity (Wildman–Crippen MR) is 85.5 cm³/mol. The number of aryl methyl sites for hydroxylation is 1. The van der Waals surface area contributed by atoms with Crippen molar-refractivity contribution in [2.24, 2.45) is 0 Å². The zero-order chi connectivity index (χ0) is 18.2. The van der Waals surface area contributed by atoms with E-state index in [9.17, 15) is 14.4 Å². The maximum atomic E-state index is 11.9. The third kappa shape index (κ3) is 5.47. The van der Waals surface area contributed by atoms with E-state index < -0.39 is 24.4 Å². The van der Waals surface area contributed by atoms with Crippen molar-refractivity contribution in [2.75, 3.05) is 17.2 Å². The first-order valence-electron chi connectivity index (χ1n) is 7.15. The standard InChI is InChI=1S/C16H14N4O5/c1-10-8-13(20-25-10)19-15(22)9-24-16(23)11-2-4-12(5-3-11)18-14(21)6-7-17/h2-5,8H,6,9H2,1H3,(H,18,21)(H,19,20,22). The molecule has 9 heteroatoms. The number of benzene rings is 1. The fourth-order valence-electron chi connectivity index (χ4n) is 1.79. The number of ether oxygens (including phenoxy) is 1. The second kappa shape index (κ2) is 8.26. The summed E-state index contributed by atoms with van der Waals surface area (Å²) in [5, 5.41) is 16.9. The van der Waals surface area contributed by atoms with Crippen molar-refractivity contribution in [1.82, 2.24) is 5.16 Å². The Bertz CT molecular complexity index is 820. The van der Waals surface area contributed by atoms with Crippen molar-refractivity contribution in [1.29, 1.82) is 5.26 Å². The Labute approximate surface area is 142 Å². The molecule has 2 N–H and O–H groups in total. The van der Waals surface area contributed by atoms with Crippen LogP contribution in [-0.4, -0.2) is 29.5 Å². The van der Waals surface area contributed by atoms with Crippen molar-refractivity contribution >= 4 is 29.3 Å². The van der Waals surface area contributed by atoms with Crippen LogP contribution < -0.4 is 10.6 Å². The molecule has 0 saturated heterocycles. The number of rotatable bonds is 6. The molecule has 0 aliphatic rings. The zero-order valence-corrected chi connectivity index (χ0v) is 13.2. The molecule has 2 amide bonds. The zero-order valence-electron chi connectivity index (χ0n) is 13.2. The van der Waals surface area contributed by atoms with Gasteiger partial charge in [-0.2, -0.15) is 5.26 Å². The lowest BCUT2D eigenvalue weighted by Gasteiger charge is -2.06. The number of nitrogens with one attached hydrogen (secondary N) is 2. The monoisotopic (exact) mass is 342 g/mol. The minimum Gasteiger partial charge on any atom is -0.452 e. The van der Waals surface area contributed by atoms with Crippen LogP contribution in [0.15, 0.2) is 34.9 Å². The van der Waals surface area contributed by atoms with Crippen LogP contribution in [0.3, 0.4) is 0 Å². The van der Waals surface area contributed by atoms with Crippen LogP contribution in [0.1, 0.15) is 22.5 Å². The summed E-state index contributed by atoms with van der Waals surface area (Å²) >= 11 is 0. The van der Waals surface area contributed by atoms with E-state index >= 15 is 0 Å². The second-order valence-electron chi connectivity index (χ2n) is 4.91. The summed E-state index contributed by atoms with van der Waals surface area (Å²) in [6, 6.07) is 9.10. The summed E-state index contributed by atoms with van der Waals surface area (Å²) in [5.41, 5.74) is 0.652. The molecule has 0 atom stereocenters. The largest absolute Gasteiger partial charge is 0.452 e. The Morgan fingerprint density at radius 1 is 1.20 bits per heavy atom. The highest BCUT2D eigenvalue weighted by Crippen LogP contribution is 2.11. The lowest BCUT2D eigenvalue weighted by atomic mass is 10.2. The topological polar surface area (TPSA) is 134 Å². The van der Waals surface area contributed by atoms with E-state index in [0.717, 1.165) is 0 Å². The van der Waals surface area contributed by atoms with Crippen molar-refractivity contribution < 1.29 is 23.6 Å². The molecule has 1 heterocycles. The smallest absolute Gasteiger partial charge is 0.338 e. The number of hydrogen-bond donors (Lipinski definition) is 2. The van der Waals surface area contributed by atoms with Gasteiger partial charge < -0.3 is 19.9 Å². The van der Waals surface area contributed by atoms with E-state index in [2.05, 4.69) is 15.8 Å². The van der Waals surface area contributed by atoms with Crippen molar-refractivity contribution in [3.63, 3.8) is 0 Å². The molecule has 2 rings (SSSR count). The number of nitriles is 1. The van der Waals surface area contributed by atoms with Gasteiger partial charge >= 0.3 is 5.97 Å². The molecule has 1 aromatic carbocycles. The third-order valence-corrected chi connectivity index (χ3v) is 2.87. The molecular weight excluding hydrogens is 328 g/mol. The maximum Gasteiger partial charge on any atom is 0.338 e. The number of nitrogens with zero attached hydrogens (tertiary/aromatic N) is 2. The summed E-state index contributed by atoms with van der Waals surface area (Å²) in [7, 11) is 0. The van der Waals surface area contributed by atoms with E-state index in [1.54, 1.807) is 13.0 Å². The molecule has 0 aliphatic carbocycles. The summed E-state index contributed by atoms with van der Waals surface area (Å²) in [6.45, 7) is 1.19. The summed E-state index contributed by atoms with van der Waals surface area (Å²) < 4.78 is 9.68. The Morgan fingerprint density at radius 3 is 2.52 bits per heavy atom. The van der Waals surface area contributed by atoms with Gasteiger partial charge in [0.25, 0.3) is 5.91 Å². The van der Waals surface area contributed by atoms with Gasteiger partial charge in [-0.05, 0) is 31.2 Å². The van der Waals surface area contributed by atoms with Crippen LogP contribution in [0.2, 0.25) is 0 Å². The highest BCUT2D eigenvalue weighted by atomic mass is 16.5. The Hall–Kier alpha value is -3.67. The molecule has 0 bridgehead atoms. The van der Waals surface area contributed by atoms with Crippen LogP contribution in [0.25, 0.3) is 0 Å². The molecule has 9 nitrogen and oxygen atoms in total. The van der Waals surface area contributed by atoms with Crippen molar-refractivity contribution in [3.8, 4) is 6.07 Å². The number of anilines is 2. The van der Waals surface area contributed by atoms with E-state index in [1.807, 2.05) is 0 Å². The number of aromatic nitrogens is 1. The van der Waals surface area contributed by atoms with Gasteiger partial charge in [0.05, 0.1) is 11.6 Å². The van der Waals surface area contributed by atoms with Gasteiger partial charge in [0, 0.05) is 11.8 Å². The number of amides is 2. The van der Waals surface area contributed by atoms with E-state index in [1.165, 1.54) is 30.3 Å². The first kappa shape index (κ1) is 17.7. The highest BCUT2D eigenvalue weighted by Gasteiger charge is 2.12. The van der Waals surface area contributed by atoms with Gasteiger partial charge in [-0.1, -0.05) is 5.16 Å². The van der Waals surface area contributed by atoms with Gasteiger partial charge in [-0.25, -0.2) is 4.79 Å². The SMILES string of the molecule is Cc1cc(NC(=O)COC(=O)c2ccc(NC(=O)CC#N)cc2)no1. The first-order valence-corrected chi connectivity index (χ1v) is 7.15. The minimum absolute atomic E-state index is 0.211. The highest BCUT2D eigenvalue weighted by molar-refractivity contribution is 5.96. The molecule has 0 spiro atoms. The molecule has 0 unspecified atom stereocenters. The van der Waals surface area contributed by atoms with E-state index in [0.29, 0.717) is 11.4 Å². The van der Waals surface area contributed by atoms with Crippen LogP contribution in [-0.2, 0) is 14.3 Å². The summed E-state index contributed by atoms with van der Waals surface area (Å²) in [5.74, 6) is -0.925. The third-order valence-electron chi connectivity index (χ3n) is 2.87. The predicted octanol–water partition coefficient (Wildman–Crippen LogP) is 1.63. The maximum absolute atomic E-state index is 11.9. The summed E-state index contributed by atoms with van der Waals surface area (Å²) in [6.07, 6.45) is -0.260. The molecule has 25 heavy (non-hydrogen) atoms. The Morgan fingerprint density at radius 2 is 1.92 bits per heavy atom. The van der Waals surface area contributed by atoms with E-state index in [-0.39, 0.29) is 17.8 Å². The molecule has 1 aromatic heterocycles. The normalized spacial score (nSPS) is 9.76. The van der Waals surface area contributed by atoms with Crippen molar-refractivity contribution in [3.05, 3.63) is 41.7 Å². The van der Waals surface area contributed by atoms with Gasteiger partial charge in [0.2, 0.25) is 5.91 Å². The first-order chi connectivity index (χ1) is 12.0. The lowest BCUT2D eigenvalue weighted by Crippen LogP contribution is -2.21. The average Bonchev–Trinajstić information content (AvgIpc) is 2.98. The molecule has 2 aromatic rings. The molecule has 0 radical (unpaired) electrons. The van der Waals surface area contributed by atoms with Crippen molar-refractivity contribution in [2.45, 2.75) is 13.3 Å². The molecule has 0 fully saturated rings. The molecule has 0 saturated carbocycles. The number of hydrogen-bond acceptors (Lipinski definition) is 7. The fourth-order valence-corrected chi connectivity index (χ4v) is 1.79.